The normalized spacial score (nSPS) is 10.5. The van der Waals surface area contributed by atoms with Crippen molar-refractivity contribution in [2.24, 2.45) is 5.92 Å². The van der Waals surface area contributed by atoms with E-state index in [2.05, 4.69) is 5.32 Å². The zero-order valence-corrected chi connectivity index (χ0v) is 11.5. The highest BCUT2D eigenvalue weighted by atomic mass is 16.3. The fourth-order valence-corrected chi connectivity index (χ4v) is 1.62. The lowest BCUT2D eigenvalue weighted by atomic mass is 10.00. The smallest absolute Gasteiger partial charge is 0.224 e. The highest BCUT2D eigenvalue weighted by molar-refractivity contribution is 5.82. The van der Waals surface area contributed by atoms with Crippen molar-refractivity contribution in [3.63, 3.8) is 0 Å². The summed E-state index contributed by atoms with van der Waals surface area (Å²) in [6.07, 6.45) is 0.729. The number of aliphatic hydroxyl groups excluding tert-OH is 1. The molecule has 1 aromatic carbocycles. The van der Waals surface area contributed by atoms with Gasteiger partial charge in [0.05, 0.1) is 13.0 Å². The van der Waals surface area contributed by atoms with E-state index in [-0.39, 0.29) is 30.8 Å². The van der Waals surface area contributed by atoms with Crippen LogP contribution in [-0.2, 0) is 22.4 Å². The molecule has 1 rings (SSSR count). The van der Waals surface area contributed by atoms with Gasteiger partial charge in [0, 0.05) is 18.9 Å². The highest BCUT2D eigenvalue weighted by Crippen LogP contribution is 2.09. The van der Waals surface area contributed by atoms with Crippen LogP contribution in [0.5, 0.6) is 0 Å². The molecule has 0 aliphatic carbocycles. The molecule has 2 N–H and O–H groups in total. The van der Waals surface area contributed by atoms with E-state index in [0.29, 0.717) is 12.8 Å². The summed E-state index contributed by atoms with van der Waals surface area (Å²) in [6, 6.07) is 7.49. The van der Waals surface area contributed by atoms with E-state index in [4.69, 9.17) is 5.11 Å². The second-order valence-electron chi connectivity index (χ2n) is 4.86. The molecule has 0 saturated heterocycles. The average molecular weight is 263 g/mol. The van der Waals surface area contributed by atoms with Gasteiger partial charge in [0.2, 0.25) is 5.91 Å². The van der Waals surface area contributed by atoms with Crippen LogP contribution in [0, 0.1) is 5.92 Å². The third-order valence-corrected chi connectivity index (χ3v) is 2.84. The Morgan fingerprint density at radius 1 is 1.11 bits per heavy atom. The summed E-state index contributed by atoms with van der Waals surface area (Å²) in [7, 11) is 0. The summed E-state index contributed by atoms with van der Waals surface area (Å²) in [4.78, 5) is 23.1. The molecule has 104 valence electrons. The SMILES string of the molecule is CC(C)C(=O)Cc1ccc(CC(=O)NCCO)cc1. The van der Waals surface area contributed by atoms with Crippen LogP contribution in [0.3, 0.4) is 0 Å². The van der Waals surface area contributed by atoms with Crippen LogP contribution in [0.4, 0.5) is 0 Å². The van der Waals surface area contributed by atoms with Crippen molar-refractivity contribution in [1.82, 2.24) is 5.32 Å². The minimum atomic E-state index is -0.111. The number of hydrogen-bond acceptors (Lipinski definition) is 3. The van der Waals surface area contributed by atoms with Crippen molar-refractivity contribution >= 4 is 11.7 Å². The van der Waals surface area contributed by atoms with Crippen LogP contribution in [0.15, 0.2) is 24.3 Å². The standard InChI is InChI=1S/C15H21NO3/c1-11(2)14(18)9-12-3-5-13(6-4-12)10-15(19)16-7-8-17/h3-6,11,17H,7-10H2,1-2H3,(H,16,19). The van der Waals surface area contributed by atoms with E-state index in [1.165, 1.54) is 0 Å². The van der Waals surface area contributed by atoms with E-state index in [1.807, 2.05) is 38.1 Å². The molecule has 0 radical (unpaired) electrons. The average Bonchev–Trinajstić information content (AvgIpc) is 2.38. The topological polar surface area (TPSA) is 66.4 Å². The fraction of sp³-hybridized carbons (Fsp3) is 0.467. The molecule has 0 heterocycles. The van der Waals surface area contributed by atoms with Crippen LogP contribution in [0.2, 0.25) is 0 Å². The van der Waals surface area contributed by atoms with Crippen molar-refractivity contribution < 1.29 is 14.7 Å². The Labute approximate surface area is 113 Å². The maximum absolute atomic E-state index is 11.6. The fourth-order valence-electron chi connectivity index (χ4n) is 1.62. The van der Waals surface area contributed by atoms with Crippen molar-refractivity contribution in [2.45, 2.75) is 26.7 Å². The quantitative estimate of drug-likeness (QED) is 0.774. The Bertz CT molecular complexity index is 424. The third-order valence-electron chi connectivity index (χ3n) is 2.84. The molecule has 0 bridgehead atoms. The molecule has 1 amide bonds. The summed E-state index contributed by atoms with van der Waals surface area (Å²) in [5, 5.41) is 11.2. The van der Waals surface area contributed by atoms with Crippen molar-refractivity contribution in [2.75, 3.05) is 13.2 Å². The van der Waals surface area contributed by atoms with Crippen LogP contribution in [-0.4, -0.2) is 29.9 Å². The molecule has 0 unspecified atom stereocenters. The summed E-state index contributed by atoms with van der Waals surface area (Å²) in [5.74, 6) is 0.150. The number of carbonyl (C=O) groups excluding carboxylic acids is 2. The van der Waals surface area contributed by atoms with Gasteiger partial charge in [-0.15, -0.1) is 0 Å². The number of aliphatic hydroxyl groups is 1. The number of Topliss-reactive ketones (excluding diaryl/α,β-unsaturated/α-hetero) is 1. The molecule has 4 nitrogen and oxygen atoms in total. The first-order valence-corrected chi connectivity index (χ1v) is 6.51. The van der Waals surface area contributed by atoms with Crippen LogP contribution < -0.4 is 5.32 Å². The van der Waals surface area contributed by atoms with E-state index < -0.39 is 0 Å². The first-order chi connectivity index (χ1) is 9.02. The van der Waals surface area contributed by atoms with Crippen LogP contribution >= 0.6 is 0 Å². The van der Waals surface area contributed by atoms with Crippen LogP contribution in [0.25, 0.3) is 0 Å². The Morgan fingerprint density at radius 3 is 2.11 bits per heavy atom. The summed E-state index contributed by atoms with van der Waals surface area (Å²) in [5.41, 5.74) is 1.87. The number of rotatable bonds is 7. The van der Waals surface area contributed by atoms with Crippen molar-refractivity contribution in [1.29, 1.82) is 0 Å². The number of nitrogens with one attached hydrogen (secondary N) is 1. The van der Waals surface area contributed by atoms with Gasteiger partial charge < -0.3 is 10.4 Å². The summed E-state index contributed by atoms with van der Waals surface area (Å²) in [6.45, 7) is 4.01. The minimum absolute atomic E-state index is 0.0453. The second-order valence-corrected chi connectivity index (χ2v) is 4.86. The molecule has 0 aliphatic heterocycles. The van der Waals surface area contributed by atoms with Gasteiger partial charge in [-0.3, -0.25) is 9.59 Å². The first-order valence-electron chi connectivity index (χ1n) is 6.51. The maximum atomic E-state index is 11.6. The zero-order chi connectivity index (χ0) is 14.3. The third kappa shape index (κ3) is 5.66. The molecular formula is C15H21NO3. The van der Waals surface area contributed by atoms with E-state index >= 15 is 0 Å². The molecule has 0 saturated carbocycles. The van der Waals surface area contributed by atoms with E-state index in [9.17, 15) is 9.59 Å². The number of amides is 1. The molecule has 19 heavy (non-hydrogen) atoms. The zero-order valence-electron chi connectivity index (χ0n) is 11.5. The van der Waals surface area contributed by atoms with Gasteiger partial charge in [0.25, 0.3) is 0 Å². The molecule has 4 heteroatoms. The van der Waals surface area contributed by atoms with Gasteiger partial charge in [0.15, 0.2) is 0 Å². The second kappa shape index (κ2) is 7.69. The number of benzene rings is 1. The lowest BCUT2D eigenvalue weighted by Crippen LogP contribution is -2.27. The Kier molecular flexibility index (Phi) is 6.22. The monoisotopic (exact) mass is 263 g/mol. The van der Waals surface area contributed by atoms with Gasteiger partial charge in [-0.05, 0) is 11.1 Å². The van der Waals surface area contributed by atoms with Gasteiger partial charge in [-0.1, -0.05) is 38.1 Å². The Balaban J connectivity index is 2.52. The molecular weight excluding hydrogens is 242 g/mol. The molecule has 0 spiro atoms. The number of ketones is 1. The van der Waals surface area contributed by atoms with Gasteiger partial charge >= 0.3 is 0 Å². The largest absolute Gasteiger partial charge is 0.395 e. The van der Waals surface area contributed by atoms with Gasteiger partial charge in [-0.25, -0.2) is 0 Å². The van der Waals surface area contributed by atoms with Crippen molar-refractivity contribution in [3.05, 3.63) is 35.4 Å². The lowest BCUT2D eigenvalue weighted by Gasteiger charge is -2.06. The highest BCUT2D eigenvalue weighted by Gasteiger charge is 2.08. The Hall–Kier alpha value is -1.68. The first kappa shape index (κ1) is 15.4. The lowest BCUT2D eigenvalue weighted by molar-refractivity contribution is -0.121. The van der Waals surface area contributed by atoms with Crippen molar-refractivity contribution in [3.8, 4) is 0 Å². The molecule has 0 aliphatic rings. The summed E-state index contributed by atoms with van der Waals surface area (Å²) < 4.78 is 0. The molecule has 0 atom stereocenters. The van der Waals surface area contributed by atoms with E-state index in [0.717, 1.165) is 11.1 Å². The minimum Gasteiger partial charge on any atom is -0.395 e. The number of carbonyl (C=O) groups is 2. The Morgan fingerprint density at radius 2 is 1.63 bits per heavy atom. The maximum Gasteiger partial charge on any atom is 0.224 e. The van der Waals surface area contributed by atoms with Gasteiger partial charge in [0.1, 0.15) is 5.78 Å². The number of hydrogen-bond donors (Lipinski definition) is 2. The summed E-state index contributed by atoms with van der Waals surface area (Å²) >= 11 is 0. The van der Waals surface area contributed by atoms with Crippen LogP contribution in [0.1, 0.15) is 25.0 Å². The van der Waals surface area contributed by atoms with Gasteiger partial charge in [-0.2, -0.15) is 0 Å². The predicted octanol–water partition coefficient (Wildman–Crippen LogP) is 1.11. The molecule has 0 aromatic heterocycles. The molecule has 1 aromatic rings. The predicted molar refractivity (Wildman–Crippen MR) is 73.8 cm³/mol. The van der Waals surface area contributed by atoms with E-state index in [1.54, 1.807) is 0 Å². The molecule has 0 fully saturated rings.